The topological polar surface area (TPSA) is 63.6 Å². The van der Waals surface area contributed by atoms with Gasteiger partial charge in [0.25, 0.3) is 0 Å². The molecule has 5 heteroatoms. The van der Waals surface area contributed by atoms with Crippen molar-refractivity contribution in [1.29, 1.82) is 0 Å². The summed E-state index contributed by atoms with van der Waals surface area (Å²) in [5, 5.41) is 8.40. The first-order valence-corrected chi connectivity index (χ1v) is 7.73. The normalized spacial score (nSPS) is 10.3. The number of carbonyl (C=O) groups is 2. The minimum Gasteiger partial charge on any atom is -1.00 e. The van der Waals surface area contributed by atoms with Crippen molar-refractivity contribution in [1.82, 2.24) is 0 Å². The molecule has 0 heterocycles. The van der Waals surface area contributed by atoms with Crippen LogP contribution in [-0.4, -0.2) is 40.1 Å². The van der Waals surface area contributed by atoms with Crippen molar-refractivity contribution >= 4 is 35.0 Å². The third-order valence-electron chi connectivity index (χ3n) is 3.06. The van der Waals surface area contributed by atoms with E-state index in [4.69, 9.17) is 9.84 Å². The van der Waals surface area contributed by atoms with Crippen LogP contribution in [0.3, 0.4) is 0 Å². The molecule has 120 valence electrons. The van der Waals surface area contributed by atoms with Gasteiger partial charge in [-0.2, -0.15) is 0 Å². The average Bonchev–Trinajstić information content (AvgIpc) is 2.42. The number of carboxylic acid groups (broad SMARTS) is 1. The third-order valence-corrected chi connectivity index (χ3v) is 3.06. The van der Waals surface area contributed by atoms with Gasteiger partial charge in [0, 0.05) is 0 Å². The molecule has 0 atom stereocenters. The molecular weight excluding hydrogens is 280 g/mol. The van der Waals surface area contributed by atoms with E-state index in [9.17, 15) is 9.59 Å². The third kappa shape index (κ3) is 19.4. The molecule has 0 spiro atoms. The Hall–Kier alpha value is -0.554. The van der Waals surface area contributed by atoms with Crippen LogP contribution in [-0.2, 0) is 14.3 Å². The Bertz CT molecular complexity index is 300. The summed E-state index contributed by atoms with van der Waals surface area (Å²) in [6.07, 6.45) is 14.1. The zero-order valence-electron chi connectivity index (χ0n) is 15.3. The number of esters is 1. The van der Waals surface area contributed by atoms with Crippen molar-refractivity contribution in [3.05, 3.63) is 12.3 Å². The van der Waals surface area contributed by atoms with Crippen molar-refractivity contribution in [3.8, 4) is 0 Å². The van der Waals surface area contributed by atoms with Gasteiger partial charge in [0.05, 0.1) is 19.1 Å². The van der Waals surface area contributed by atoms with E-state index >= 15 is 0 Å². The Morgan fingerprint density at radius 3 is 2.14 bits per heavy atom. The van der Waals surface area contributed by atoms with Crippen LogP contribution in [0.2, 0.25) is 0 Å². The van der Waals surface area contributed by atoms with Gasteiger partial charge in [0.1, 0.15) is 0 Å². The standard InChI is InChI=1S/C16H28O4.Mg.2H/c1-2-3-4-5-6-7-8-9-10-11-14-20-16(19)13-12-15(17)18;;;/h11,14H,2-10,12-13H2,1H3,(H,17,18);;;/q;+2;2*-1/b14-11+;;;. The van der Waals surface area contributed by atoms with Crippen LogP contribution in [0, 0.1) is 0 Å². The molecule has 0 aromatic heterocycles. The quantitative estimate of drug-likeness (QED) is 0.239. The minimum absolute atomic E-state index is 0. The van der Waals surface area contributed by atoms with E-state index in [1.807, 2.05) is 6.08 Å². The summed E-state index contributed by atoms with van der Waals surface area (Å²) in [4.78, 5) is 21.3. The van der Waals surface area contributed by atoms with Crippen LogP contribution in [0.1, 0.15) is 80.4 Å². The van der Waals surface area contributed by atoms with Crippen molar-refractivity contribution in [3.63, 3.8) is 0 Å². The Morgan fingerprint density at radius 1 is 1.00 bits per heavy atom. The predicted molar refractivity (Wildman–Crippen MR) is 87.3 cm³/mol. The predicted octanol–water partition coefficient (Wildman–Crippen LogP) is 4.28. The molecule has 0 bridgehead atoms. The maximum atomic E-state index is 11.1. The van der Waals surface area contributed by atoms with Gasteiger partial charge >= 0.3 is 35.0 Å². The van der Waals surface area contributed by atoms with Gasteiger partial charge in [-0.1, -0.05) is 51.9 Å². The van der Waals surface area contributed by atoms with Crippen LogP contribution in [0.25, 0.3) is 0 Å². The largest absolute Gasteiger partial charge is 2.00 e. The average molecular weight is 311 g/mol. The summed E-state index contributed by atoms with van der Waals surface area (Å²) in [7, 11) is 0. The van der Waals surface area contributed by atoms with Crippen LogP contribution in [0.15, 0.2) is 12.3 Å². The summed E-state index contributed by atoms with van der Waals surface area (Å²) in [5.74, 6) is -1.47. The second-order valence-corrected chi connectivity index (χ2v) is 5.02. The van der Waals surface area contributed by atoms with Crippen molar-refractivity contribution in [2.24, 2.45) is 0 Å². The van der Waals surface area contributed by atoms with Crippen molar-refractivity contribution < 1.29 is 22.3 Å². The smallest absolute Gasteiger partial charge is 1.00 e. The Morgan fingerprint density at radius 2 is 1.57 bits per heavy atom. The van der Waals surface area contributed by atoms with E-state index in [-0.39, 0.29) is 38.7 Å². The molecule has 21 heavy (non-hydrogen) atoms. The molecule has 0 radical (unpaired) electrons. The molecule has 0 unspecified atom stereocenters. The first kappa shape index (κ1) is 22.7. The minimum atomic E-state index is -0.982. The maximum absolute atomic E-state index is 11.1. The van der Waals surface area contributed by atoms with E-state index in [1.165, 1.54) is 51.2 Å². The van der Waals surface area contributed by atoms with Gasteiger partial charge in [0.2, 0.25) is 0 Å². The van der Waals surface area contributed by atoms with Crippen LogP contribution >= 0.6 is 0 Å². The van der Waals surface area contributed by atoms with Gasteiger partial charge in [-0.15, -0.1) is 0 Å². The summed E-state index contributed by atoms with van der Waals surface area (Å²) in [6, 6.07) is 0. The molecule has 0 aromatic carbocycles. The molecule has 0 fully saturated rings. The summed E-state index contributed by atoms with van der Waals surface area (Å²) in [6.45, 7) is 2.22. The summed E-state index contributed by atoms with van der Waals surface area (Å²) in [5.41, 5.74) is 0. The zero-order valence-corrected chi connectivity index (χ0v) is 14.7. The Balaban J connectivity index is -0.000000602. The van der Waals surface area contributed by atoms with Crippen LogP contribution in [0.5, 0.6) is 0 Å². The molecule has 4 nitrogen and oxygen atoms in total. The SMILES string of the molecule is CCCCCCCCCC/C=C/OC(=O)CCC(=O)O.[H-].[H-].[Mg+2]. The fourth-order valence-corrected chi connectivity index (χ4v) is 1.86. The molecule has 0 aliphatic heterocycles. The first-order valence-electron chi connectivity index (χ1n) is 7.73. The van der Waals surface area contributed by atoms with E-state index in [1.54, 1.807) is 0 Å². The van der Waals surface area contributed by atoms with Crippen LogP contribution < -0.4 is 0 Å². The Kier molecular flexibility index (Phi) is 18.9. The van der Waals surface area contributed by atoms with Gasteiger partial charge in [-0.05, 0) is 18.9 Å². The molecule has 0 rings (SSSR count). The molecule has 0 saturated carbocycles. The number of carboxylic acids is 1. The fourth-order valence-electron chi connectivity index (χ4n) is 1.86. The second kappa shape index (κ2) is 17.5. The number of carbonyl (C=O) groups excluding carboxylic acids is 1. The van der Waals surface area contributed by atoms with Gasteiger partial charge in [-0.25, -0.2) is 0 Å². The van der Waals surface area contributed by atoms with Crippen LogP contribution in [0.4, 0.5) is 0 Å². The van der Waals surface area contributed by atoms with Crippen molar-refractivity contribution in [2.75, 3.05) is 0 Å². The number of allylic oxidation sites excluding steroid dienone is 1. The number of hydrogen-bond donors (Lipinski definition) is 1. The number of aliphatic carboxylic acids is 1. The number of hydrogen-bond acceptors (Lipinski definition) is 3. The van der Waals surface area contributed by atoms with Crippen molar-refractivity contribution in [2.45, 2.75) is 77.6 Å². The fraction of sp³-hybridized carbons (Fsp3) is 0.750. The van der Waals surface area contributed by atoms with Gasteiger partial charge in [-0.3, -0.25) is 9.59 Å². The molecule has 0 saturated heterocycles. The Labute approximate surface area is 147 Å². The van der Waals surface area contributed by atoms with Gasteiger partial charge < -0.3 is 12.7 Å². The monoisotopic (exact) mass is 310 g/mol. The summed E-state index contributed by atoms with van der Waals surface area (Å²) < 4.78 is 4.78. The number of ether oxygens (including phenoxy) is 1. The molecule has 0 aromatic rings. The van der Waals surface area contributed by atoms with E-state index in [0.717, 1.165) is 12.8 Å². The molecular formula is C16H30MgO4. The molecule has 0 aliphatic carbocycles. The van der Waals surface area contributed by atoms with Gasteiger partial charge in [0.15, 0.2) is 0 Å². The first-order chi connectivity index (χ1) is 9.66. The molecule has 0 aliphatic rings. The second-order valence-electron chi connectivity index (χ2n) is 5.02. The maximum Gasteiger partial charge on any atom is 2.00 e. The molecule has 1 N–H and O–H groups in total. The number of unbranched alkanes of at least 4 members (excludes halogenated alkanes) is 8. The molecule has 0 amide bonds. The van der Waals surface area contributed by atoms with E-state index in [2.05, 4.69) is 6.92 Å². The number of rotatable bonds is 13. The zero-order chi connectivity index (χ0) is 15.1. The summed E-state index contributed by atoms with van der Waals surface area (Å²) >= 11 is 0. The van der Waals surface area contributed by atoms with E-state index < -0.39 is 11.9 Å². The van der Waals surface area contributed by atoms with E-state index in [0.29, 0.717) is 0 Å².